The molecule has 2 aromatic rings. The van der Waals surface area contributed by atoms with Crippen molar-refractivity contribution in [3.8, 4) is 0 Å². The summed E-state index contributed by atoms with van der Waals surface area (Å²) in [6.07, 6.45) is 1.78. The van der Waals surface area contributed by atoms with Crippen molar-refractivity contribution in [3.63, 3.8) is 0 Å². The van der Waals surface area contributed by atoms with Gasteiger partial charge in [0.25, 0.3) is 0 Å². The Morgan fingerprint density at radius 2 is 2.02 bits per heavy atom. The maximum atomic E-state index is 15.1. The highest BCUT2D eigenvalue weighted by Crippen LogP contribution is 2.52. The van der Waals surface area contributed by atoms with Crippen molar-refractivity contribution in [3.05, 3.63) is 63.4 Å². The standard InChI is InChI=1S/C30H39Cl2FN4O3/c1-29(2,3)15-25-30(17-38,21-13-23(33)22(32)14-24(21)34-4)26(18-6-5-7-19(31)12-18)27(36-25)28(40)35-9-11-37-10-8-20(39)16-37/h5-7,12-14,17,20,25-27,34,36,39H,8-11,15-16H2,1-4H3,(H,35,40). The van der Waals surface area contributed by atoms with Gasteiger partial charge in [0.15, 0.2) is 0 Å². The molecular formula is C30H39Cl2FN4O3. The van der Waals surface area contributed by atoms with Gasteiger partial charge in [-0.2, -0.15) is 0 Å². The maximum absolute atomic E-state index is 15.1. The fourth-order valence-electron chi connectivity index (χ4n) is 6.33. The quantitative estimate of drug-likeness (QED) is 0.323. The summed E-state index contributed by atoms with van der Waals surface area (Å²) in [6.45, 7) is 8.56. The van der Waals surface area contributed by atoms with Crippen LogP contribution in [0.15, 0.2) is 36.4 Å². The van der Waals surface area contributed by atoms with Crippen LogP contribution in [-0.2, 0) is 15.0 Å². The predicted octanol–water partition coefficient (Wildman–Crippen LogP) is 4.35. The van der Waals surface area contributed by atoms with Crippen LogP contribution in [0.5, 0.6) is 0 Å². The van der Waals surface area contributed by atoms with Crippen LogP contribution in [0, 0.1) is 11.2 Å². The molecule has 2 aliphatic heterocycles. The first-order valence-electron chi connectivity index (χ1n) is 13.7. The molecule has 2 fully saturated rings. The van der Waals surface area contributed by atoms with E-state index in [9.17, 15) is 14.7 Å². The number of nitrogens with zero attached hydrogens (tertiary/aromatic N) is 1. The average Bonchev–Trinajstić information content (AvgIpc) is 3.45. The third-order valence-electron chi connectivity index (χ3n) is 8.08. The van der Waals surface area contributed by atoms with Crippen molar-refractivity contribution in [2.45, 2.75) is 63.1 Å². The van der Waals surface area contributed by atoms with Crippen LogP contribution >= 0.6 is 23.2 Å². The van der Waals surface area contributed by atoms with Gasteiger partial charge >= 0.3 is 0 Å². The fraction of sp³-hybridized carbons (Fsp3) is 0.533. The smallest absolute Gasteiger partial charge is 0.237 e. The summed E-state index contributed by atoms with van der Waals surface area (Å²) in [7, 11) is 1.70. The lowest BCUT2D eigenvalue weighted by molar-refractivity contribution is -0.123. The Morgan fingerprint density at radius 3 is 2.62 bits per heavy atom. The van der Waals surface area contributed by atoms with Gasteiger partial charge in [0, 0.05) is 55.9 Å². The van der Waals surface area contributed by atoms with Crippen LogP contribution in [0.1, 0.15) is 50.7 Å². The lowest BCUT2D eigenvalue weighted by atomic mass is 9.62. The highest BCUT2D eigenvalue weighted by molar-refractivity contribution is 6.31. The number of aliphatic hydroxyl groups excluding tert-OH is 1. The number of aldehydes is 1. The van der Waals surface area contributed by atoms with Gasteiger partial charge in [0.05, 0.1) is 22.6 Å². The van der Waals surface area contributed by atoms with Crippen LogP contribution < -0.4 is 16.0 Å². The second kappa shape index (κ2) is 12.3. The van der Waals surface area contributed by atoms with Gasteiger partial charge in [-0.1, -0.05) is 56.1 Å². The van der Waals surface area contributed by atoms with E-state index in [0.717, 1.165) is 19.3 Å². The predicted molar refractivity (Wildman–Crippen MR) is 158 cm³/mol. The Balaban J connectivity index is 1.82. The largest absolute Gasteiger partial charge is 0.392 e. The monoisotopic (exact) mass is 592 g/mol. The first kappa shape index (κ1) is 30.7. The van der Waals surface area contributed by atoms with Crippen molar-refractivity contribution in [2.75, 3.05) is 38.5 Å². The van der Waals surface area contributed by atoms with Crippen molar-refractivity contribution < 1.29 is 19.1 Å². The molecule has 0 spiro atoms. The van der Waals surface area contributed by atoms with Crippen LogP contribution in [0.25, 0.3) is 0 Å². The number of hydrogen-bond acceptors (Lipinski definition) is 6. The Morgan fingerprint density at radius 1 is 1.27 bits per heavy atom. The molecule has 1 amide bonds. The fourth-order valence-corrected chi connectivity index (χ4v) is 6.69. The summed E-state index contributed by atoms with van der Waals surface area (Å²) in [5, 5.41) is 19.9. The number of hydrogen-bond donors (Lipinski definition) is 4. The van der Waals surface area contributed by atoms with Gasteiger partial charge in [0.2, 0.25) is 5.91 Å². The molecule has 0 bridgehead atoms. The van der Waals surface area contributed by atoms with E-state index in [4.69, 9.17) is 23.2 Å². The number of carbonyl (C=O) groups excluding carboxylic acids is 2. The molecule has 5 atom stereocenters. The molecular weight excluding hydrogens is 554 g/mol. The number of aliphatic hydroxyl groups is 1. The van der Waals surface area contributed by atoms with E-state index in [-0.39, 0.29) is 22.4 Å². The molecule has 7 nitrogen and oxygen atoms in total. The lowest BCUT2D eigenvalue weighted by Crippen LogP contribution is -2.47. The van der Waals surface area contributed by atoms with E-state index >= 15 is 4.39 Å². The van der Waals surface area contributed by atoms with E-state index < -0.39 is 29.2 Å². The second-order valence-electron chi connectivity index (χ2n) is 12.1. The zero-order valence-electron chi connectivity index (χ0n) is 23.4. The maximum Gasteiger partial charge on any atom is 0.237 e. The first-order valence-corrected chi connectivity index (χ1v) is 14.5. The molecule has 4 N–H and O–H groups in total. The Bertz CT molecular complexity index is 1240. The molecule has 5 unspecified atom stereocenters. The molecule has 2 aliphatic rings. The number of anilines is 1. The van der Waals surface area contributed by atoms with Crippen molar-refractivity contribution >= 4 is 41.1 Å². The molecule has 10 heteroatoms. The van der Waals surface area contributed by atoms with Crippen LogP contribution in [0.2, 0.25) is 10.0 Å². The normalized spacial score (nSPS) is 27.1. The van der Waals surface area contributed by atoms with Crippen molar-refractivity contribution in [1.29, 1.82) is 0 Å². The number of amides is 1. The summed E-state index contributed by atoms with van der Waals surface area (Å²) < 4.78 is 15.1. The Hall–Kier alpha value is -2.23. The Kier molecular flexibility index (Phi) is 9.47. The zero-order chi connectivity index (χ0) is 29.2. The number of nitrogens with one attached hydrogen (secondary N) is 3. The number of halogens is 3. The summed E-state index contributed by atoms with van der Waals surface area (Å²) in [6, 6.07) is 8.64. The van der Waals surface area contributed by atoms with Crippen LogP contribution in [-0.4, -0.2) is 73.6 Å². The summed E-state index contributed by atoms with van der Waals surface area (Å²) >= 11 is 12.6. The first-order chi connectivity index (χ1) is 18.9. The van der Waals surface area contributed by atoms with E-state index in [1.54, 1.807) is 25.2 Å². The number of rotatable bonds is 9. The van der Waals surface area contributed by atoms with E-state index in [1.807, 2.05) is 6.07 Å². The minimum absolute atomic E-state index is 0.0619. The van der Waals surface area contributed by atoms with E-state index in [0.29, 0.717) is 47.9 Å². The second-order valence-corrected chi connectivity index (χ2v) is 13.0. The summed E-state index contributed by atoms with van der Waals surface area (Å²) in [4.78, 5) is 29.5. The number of β-amino-alcohol motifs (C(OH)–C–C–N with tert-alkyl or cyclic N) is 1. The van der Waals surface area contributed by atoms with Crippen molar-refractivity contribution in [2.24, 2.45) is 5.41 Å². The topological polar surface area (TPSA) is 93.7 Å². The highest BCUT2D eigenvalue weighted by atomic mass is 35.5. The van der Waals surface area contributed by atoms with Gasteiger partial charge in [-0.3, -0.25) is 9.69 Å². The molecule has 40 heavy (non-hydrogen) atoms. The minimum atomic E-state index is -1.33. The van der Waals surface area contributed by atoms with E-state index in [1.165, 1.54) is 12.1 Å². The molecule has 0 aromatic heterocycles. The van der Waals surface area contributed by atoms with Gasteiger partial charge in [-0.15, -0.1) is 0 Å². The van der Waals surface area contributed by atoms with Gasteiger partial charge < -0.3 is 25.9 Å². The summed E-state index contributed by atoms with van der Waals surface area (Å²) in [5.74, 6) is -1.60. The van der Waals surface area contributed by atoms with E-state index in [2.05, 4.69) is 41.6 Å². The Labute approximate surface area is 245 Å². The number of carbonyl (C=O) groups is 2. The van der Waals surface area contributed by atoms with Gasteiger partial charge in [-0.25, -0.2) is 4.39 Å². The molecule has 0 saturated carbocycles. The zero-order valence-corrected chi connectivity index (χ0v) is 25.0. The van der Waals surface area contributed by atoms with Gasteiger partial charge in [0.1, 0.15) is 12.1 Å². The SMILES string of the molecule is CNc1cc(Cl)c(F)cc1C1(C=O)C(CC(C)(C)C)NC(C(=O)NCCN2CCC(O)C2)C1c1cccc(Cl)c1. The molecule has 2 heterocycles. The number of likely N-dealkylation sites (tertiary alicyclic amines) is 1. The number of benzene rings is 2. The van der Waals surface area contributed by atoms with Crippen molar-refractivity contribution in [1.82, 2.24) is 15.5 Å². The third kappa shape index (κ3) is 6.31. The average molecular weight is 594 g/mol. The molecule has 2 aromatic carbocycles. The molecule has 0 aliphatic carbocycles. The highest BCUT2D eigenvalue weighted by Gasteiger charge is 2.60. The van der Waals surface area contributed by atoms with Crippen LogP contribution in [0.4, 0.5) is 10.1 Å². The molecule has 0 radical (unpaired) electrons. The van der Waals surface area contributed by atoms with Crippen LogP contribution in [0.3, 0.4) is 0 Å². The lowest BCUT2D eigenvalue weighted by Gasteiger charge is -2.39. The van der Waals surface area contributed by atoms with Gasteiger partial charge in [-0.05, 0) is 53.6 Å². The molecule has 2 saturated heterocycles. The minimum Gasteiger partial charge on any atom is -0.392 e. The molecule has 218 valence electrons. The third-order valence-corrected chi connectivity index (χ3v) is 8.60. The summed E-state index contributed by atoms with van der Waals surface area (Å²) in [5.41, 5.74) is 0.0870. The molecule has 4 rings (SSSR count).